The topological polar surface area (TPSA) is 52.6 Å². The minimum Gasteiger partial charge on any atom is -0.392 e. The van der Waals surface area contributed by atoms with Gasteiger partial charge in [-0.3, -0.25) is 4.79 Å². The Morgan fingerprint density at radius 1 is 1.36 bits per heavy atom. The van der Waals surface area contributed by atoms with E-state index in [0.29, 0.717) is 18.9 Å². The van der Waals surface area contributed by atoms with Crippen molar-refractivity contribution in [2.24, 2.45) is 5.92 Å². The molecule has 0 radical (unpaired) electrons. The number of hydrogen-bond acceptors (Lipinski definition) is 3. The molecule has 1 aromatic rings. The van der Waals surface area contributed by atoms with Crippen molar-refractivity contribution >= 4 is 18.3 Å². The first-order valence-corrected chi connectivity index (χ1v) is 7.91. The van der Waals surface area contributed by atoms with E-state index >= 15 is 0 Å². The van der Waals surface area contributed by atoms with Crippen LogP contribution in [0, 0.1) is 5.92 Å². The first-order valence-electron chi connectivity index (χ1n) is 7.91. The van der Waals surface area contributed by atoms with Crippen LogP contribution in [-0.2, 0) is 11.2 Å². The summed E-state index contributed by atoms with van der Waals surface area (Å²) in [6.45, 7) is 3.53. The molecule has 22 heavy (non-hydrogen) atoms. The number of carbonyl (C=O) groups is 1. The van der Waals surface area contributed by atoms with Crippen LogP contribution in [0.2, 0.25) is 0 Å². The first-order chi connectivity index (χ1) is 10.1. The van der Waals surface area contributed by atoms with Crippen molar-refractivity contribution in [2.45, 2.75) is 44.4 Å². The lowest BCUT2D eigenvalue weighted by Gasteiger charge is -2.27. The van der Waals surface area contributed by atoms with E-state index in [4.69, 9.17) is 0 Å². The van der Waals surface area contributed by atoms with Crippen LogP contribution in [0.25, 0.3) is 0 Å². The predicted molar refractivity (Wildman–Crippen MR) is 89.1 cm³/mol. The Kier molecular flexibility index (Phi) is 5.84. The highest BCUT2D eigenvalue weighted by atomic mass is 35.5. The molecule has 0 saturated carbocycles. The van der Waals surface area contributed by atoms with Crippen LogP contribution < -0.4 is 5.32 Å². The summed E-state index contributed by atoms with van der Waals surface area (Å²) in [7, 11) is 0. The molecule has 1 aromatic carbocycles. The smallest absolute Gasteiger partial charge is 0.240 e. The number of carbonyl (C=O) groups excluding carboxylic acids is 1. The number of amides is 1. The lowest BCUT2D eigenvalue weighted by molar-refractivity contribution is -0.134. The predicted octanol–water partition coefficient (Wildman–Crippen LogP) is 1.61. The third-order valence-electron chi connectivity index (χ3n) is 4.94. The standard InChI is InChI=1S/C17H24N2O2.ClH/c1-12-14(9-13-5-3-2-4-6-13)7-8-19(12)17(21)16-10-15(20)11-18-16;/h2-6,12,14-16,18,20H,7-11H2,1H3;1H. The maximum absolute atomic E-state index is 12.6. The maximum atomic E-state index is 12.6. The second-order valence-electron chi connectivity index (χ2n) is 6.36. The van der Waals surface area contributed by atoms with E-state index in [0.717, 1.165) is 19.4 Å². The molecule has 2 aliphatic heterocycles. The van der Waals surface area contributed by atoms with Gasteiger partial charge in [0.15, 0.2) is 0 Å². The molecule has 2 fully saturated rings. The molecular weight excluding hydrogens is 300 g/mol. The molecule has 1 amide bonds. The van der Waals surface area contributed by atoms with Gasteiger partial charge in [0.05, 0.1) is 12.1 Å². The van der Waals surface area contributed by atoms with Gasteiger partial charge in [0.2, 0.25) is 5.91 Å². The fraction of sp³-hybridized carbons (Fsp3) is 0.588. The Balaban J connectivity index is 0.00000176. The van der Waals surface area contributed by atoms with Crippen LogP contribution in [-0.4, -0.2) is 47.2 Å². The average Bonchev–Trinajstić information content (AvgIpc) is 3.07. The van der Waals surface area contributed by atoms with Crippen LogP contribution in [0.3, 0.4) is 0 Å². The molecule has 2 aliphatic rings. The summed E-state index contributed by atoms with van der Waals surface area (Å²) in [6.07, 6.45) is 2.27. The maximum Gasteiger partial charge on any atom is 0.240 e. The molecule has 2 heterocycles. The van der Waals surface area contributed by atoms with Crippen molar-refractivity contribution in [2.75, 3.05) is 13.1 Å². The van der Waals surface area contributed by atoms with E-state index in [1.807, 2.05) is 11.0 Å². The number of aliphatic hydroxyl groups excluding tert-OH is 1. The first kappa shape index (κ1) is 17.3. The Morgan fingerprint density at radius 3 is 2.73 bits per heavy atom. The Hall–Kier alpha value is -1.10. The Morgan fingerprint density at radius 2 is 2.09 bits per heavy atom. The van der Waals surface area contributed by atoms with Crippen LogP contribution in [0.1, 0.15) is 25.3 Å². The zero-order valence-corrected chi connectivity index (χ0v) is 13.8. The highest BCUT2D eigenvalue weighted by Gasteiger charge is 2.38. The molecule has 4 atom stereocenters. The summed E-state index contributed by atoms with van der Waals surface area (Å²) in [5.41, 5.74) is 1.35. The largest absolute Gasteiger partial charge is 0.392 e. The van der Waals surface area contributed by atoms with E-state index in [-0.39, 0.29) is 36.5 Å². The number of nitrogens with one attached hydrogen (secondary N) is 1. The van der Waals surface area contributed by atoms with Crippen molar-refractivity contribution in [3.63, 3.8) is 0 Å². The molecule has 3 rings (SSSR count). The molecule has 0 aliphatic carbocycles. The lowest BCUT2D eigenvalue weighted by atomic mass is 9.93. The number of aliphatic hydroxyl groups is 1. The van der Waals surface area contributed by atoms with Gasteiger partial charge in [0.1, 0.15) is 0 Å². The number of halogens is 1. The summed E-state index contributed by atoms with van der Waals surface area (Å²) < 4.78 is 0. The summed E-state index contributed by atoms with van der Waals surface area (Å²) in [5, 5.41) is 12.7. The van der Waals surface area contributed by atoms with Gasteiger partial charge in [-0.25, -0.2) is 0 Å². The molecular formula is C17H25ClN2O2. The van der Waals surface area contributed by atoms with Gasteiger partial charge in [-0.1, -0.05) is 30.3 Å². The van der Waals surface area contributed by atoms with Gasteiger partial charge in [0.25, 0.3) is 0 Å². The number of β-amino-alcohol motifs (C(OH)–C–C–N with tert-alkyl or cyclic N) is 1. The zero-order chi connectivity index (χ0) is 14.8. The number of nitrogens with zero attached hydrogens (tertiary/aromatic N) is 1. The molecule has 4 unspecified atom stereocenters. The molecule has 0 bridgehead atoms. The summed E-state index contributed by atoms with van der Waals surface area (Å²) in [5.74, 6) is 0.692. The molecule has 2 N–H and O–H groups in total. The molecule has 0 spiro atoms. The molecule has 0 aromatic heterocycles. The van der Waals surface area contributed by atoms with E-state index in [9.17, 15) is 9.90 Å². The van der Waals surface area contributed by atoms with Crippen molar-refractivity contribution in [1.29, 1.82) is 0 Å². The normalized spacial score (nSPS) is 31.1. The van der Waals surface area contributed by atoms with Crippen LogP contribution in [0.15, 0.2) is 30.3 Å². The van der Waals surface area contributed by atoms with E-state index in [1.165, 1.54) is 5.56 Å². The summed E-state index contributed by atoms with van der Waals surface area (Å²) in [6, 6.07) is 10.6. The molecule has 122 valence electrons. The zero-order valence-electron chi connectivity index (χ0n) is 12.9. The lowest BCUT2D eigenvalue weighted by Crippen LogP contribution is -2.46. The number of benzene rings is 1. The monoisotopic (exact) mass is 324 g/mol. The number of rotatable bonds is 3. The number of hydrogen-bond donors (Lipinski definition) is 2. The van der Waals surface area contributed by atoms with Gasteiger partial charge in [-0.05, 0) is 37.7 Å². The van der Waals surface area contributed by atoms with Crippen molar-refractivity contribution < 1.29 is 9.90 Å². The van der Waals surface area contributed by atoms with Crippen molar-refractivity contribution in [3.05, 3.63) is 35.9 Å². The second kappa shape index (κ2) is 7.44. The van der Waals surface area contributed by atoms with Crippen molar-refractivity contribution in [1.82, 2.24) is 10.2 Å². The molecule has 2 saturated heterocycles. The summed E-state index contributed by atoms with van der Waals surface area (Å²) >= 11 is 0. The Bertz CT molecular complexity index is 497. The average molecular weight is 325 g/mol. The Labute approximate surface area is 138 Å². The third-order valence-corrected chi connectivity index (χ3v) is 4.94. The van der Waals surface area contributed by atoms with Crippen LogP contribution in [0.5, 0.6) is 0 Å². The SMILES string of the molecule is CC1C(Cc2ccccc2)CCN1C(=O)C1CC(O)CN1.Cl. The van der Waals surface area contributed by atoms with Gasteiger partial charge in [-0.2, -0.15) is 0 Å². The minimum atomic E-state index is -0.378. The van der Waals surface area contributed by atoms with Gasteiger partial charge >= 0.3 is 0 Å². The van der Waals surface area contributed by atoms with Crippen LogP contribution in [0.4, 0.5) is 0 Å². The van der Waals surface area contributed by atoms with Gasteiger partial charge in [0, 0.05) is 19.1 Å². The second-order valence-corrected chi connectivity index (χ2v) is 6.36. The highest BCUT2D eigenvalue weighted by Crippen LogP contribution is 2.28. The highest BCUT2D eigenvalue weighted by molar-refractivity contribution is 5.85. The molecule has 5 heteroatoms. The van der Waals surface area contributed by atoms with Gasteiger partial charge in [-0.15, -0.1) is 12.4 Å². The fourth-order valence-electron chi connectivity index (χ4n) is 3.61. The van der Waals surface area contributed by atoms with E-state index < -0.39 is 0 Å². The van der Waals surface area contributed by atoms with E-state index in [1.54, 1.807) is 0 Å². The third kappa shape index (κ3) is 3.62. The van der Waals surface area contributed by atoms with Gasteiger partial charge < -0.3 is 15.3 Å². The van der Waals surface area contributed by atoms with E-state index in [2.05, 4.69) is 36.5 Å². The fourth-order valence-corrected chi connectivity index (χ4v) is 3.61. The number of likely N-dealkylation sites (tertiary alicyclic amines) is 1. The quantitative estimate of drug-likeness (QED) is 0.888. The summed E-state index contributed by atoms with van der Waals surface area (Å²) in [4.78, 5) is 14.6. The minimum absolute atomic E-state index is 0. The van der Waals surface area contributed by atoms with Crippen molar-refractivity contribution in [3.8, 4) is 0 Å². The van der Waals surface area contributed by atoms with Crippen LogP contribution >= 0.6 is 12.4 Å². The molecule has 4 nitrogen and oxygen atoms in total.